The van der Waals surface area contributed by atoms with E-state index in [1.165, 1.54) is 0 Å². The van der Waals surface area contributed by atoms with E-state index in [1.54, 1.807) is 13.0 Å². The lowest BCUT2D eigenvalue weighted by molar-refractivity contribution is -0.757. The first-order valence-corrected chi connectivity index (χ1v) is 8.46. The molecule has 6 heteroatoms. The Hall–Kier alpha value is -2.50. The van der Waals surface area contributed by atoms with Crippen molar-refractivity contribution in [3.63, 3.8) is 0 Å². The first kappa shape index (κ1) is 18.8. The lowest BCUT2D eigenvalue weighted by Gasteiger charge is -2.31. The maximum atomic E-state index is 10.7. The van der Waals surface area contributed by atoms with Crippen LogP contribution in [0.2, 0.25) is 0 Å². The third kappa shape index (κ3) is 4.32. The first-order chi connectivity index (χ1) is 11.8. The molecular weight excluding hydrogens is 322 g/mol. The van der Waals surface area contributed by atoms with Crippen molar-refractivity contribution in [3.05, 3.63) is 57.2 Å². The number of aryl methyl sites for hydroxylation is 1. The van der Waals surface area contributed by atoms with E-state index >= 15 is 0 Å². The molecule has 1 aromatic rings. The van der Waals surface area contributed by atoms with E-state index in [0.717, 1.165) is 29.5 Å². The summed E-state index contributed by atoms with van der Waals surface area (Å²) >= 11 is 0. The fraction of sp³-hybridized carbons (Fsp3) is 0.474. The Morgan fingerprint density at radius 2 is 2.20 bits per heavy atom. The van der Waals surface area contributed by atoms with Crippen molar-refractivity contribution >= 4 is 0 Å². The maximum Gasteiger partial charge on any atom is 0.294 e. The molecule has 0 unspecified atom stereocenters. The molecule has 6 nitrogen and oxygen atoms in total. The van der Waals surface area contributed by atoms with Crippen molar-refractivity contribution < 1.29 is 20.1 Å². The number of phenols is 2. The molecule has 0 fully saturated rings. The highest BCUT2D eigenvalue weighted by Crippen LogP contribution is 2.45. The van der Waals surface area contributed by atoms with Crippen molar-refractivity contribution in [1.29, 1.82) is 0 Å². The Morgan fingerprint density at radius 3 is 2.84 bits per heavy atom. The van der Waals surface area contributed by atoms with Gasteiger partial charge in [0.25, 0.3) is 5.09 Å². The zero-order valence-corrected chi connectivity index (χ0v) is 14.7. The minimum absolute atomic E-state index is 0.0167. The molecule has 2 N–H and O–H groups in total. The average Bonchev–Trinajstić information content (AvgIpc) is 2.56. The molecule has 0 spiro atoms. The summed E-state index contributed by atoms with van der Waals surface area (Å²) in [6.45, 7) is 7.74. The van der Waals surface area contributed by atoms with Crippen molar-refractivity contribution in [2.75, 3.05) is 6.61 Å². The quantitative estimate of drug-likeness (QED) is 0.334. The molecule has 0 saturated carbocycles. The monoisotopic (exact) mass is 347 g/mol. The summed E-state index contributed by atoms with van der Waals surface area (Å²) in [5.41, 5.74) is 3.07. The summed E-state index contributed by atoms with van der Waals surface area (Å²) < 4.78 is 0. The smallest absolute Gasteiger partial charge is 0.294 e. The Bertz CT molecular complexity index is 696. The molecular formula is C19H25NO5. The van der Waals surface area contributed by atoms with Crippen LogP contribution in [0.4, 0.5) is 0 Å². The molecule has 1 aliphatic carbocycles. The minimum atomic E-state index is -0.814. The van der Waals surface area contributed by atoms with Crippen LogP contribution in [0.1, 0.15) is 48.8 Å². The summed E-state index contributed by atoms with van der Waals surface area (Å²) in [4.78, 5) is 14.6. The highest BCUT2D eigenvalue weighted by molar-refractivity contribution is 5.55. The molecule has 1 aromatic carbocycles. The second-order valence-electron chi connectivity index (χ2n) is 6.59. The molecule has 0 aliphatic heterocycles. The molecule has 0 amide bonds. The van der Waals surface area contributed by atoms with Crippen LogP contribution in [0.25, 0.3) is 0 Å². The fourth-order valence-electron chi connectivity index (χ4n) is 3.49. The predicted octanol–water partition coefficient (Wildman–Crippen LogP) is 4.17. The summed E-state index contributed by atoms with van der Waals surface area (Å²) in [7, 11) is 0. The zero-order valence-electron chi connectivity index (χ0n) is 14.7. The maximum absolute atomic E-state index is 10.7. The molecule has 1 aliphatic rings. The second kappa shape index (κ2) is 8.05. The van der Waals surface area contributed by atoms with E-state index in [4.69, 9.17) is 0 Å². The van der Waals surface area contributed by atoms with Gasteiger partial charge in [-0.3, -0.25) is 0 Å². The number of rotatable bonds is 7. The van der Waals surface area contributed by atoms with Crippen LogP contribution in [0, 0.1) is 23.0 Å². The van der Waals surface area contributed by atoms with E-state index in [0.29, 0.717) is 18.4 Å². The summed E-state index contributed by atoms with van der Waals surface area (Å²) in [5, 5.41) is 30.2. The Morgan fingerprint density at radius 1 is 1.48 bits per heavy atom. The molecule has 2 atom stereocenters. The van der Waals surface area contributed by atoms with Gasteiger partial charge in [-0.2, -0.15) is 0 Å². The van der Waals surface area contributed by atoms with Gasteiger partial charge >= 0.3 is 0 Å². The number of allylic oxidation sites excluding steroid dienone is 3. The average molecular weight is 347 g/mol. The molecule has 136 valence electrons. The summed E-state index contributed by atoms with van der Waals surface area (Å²) in [5.74, 6) is 0.316. The van der Waals surface area contributed by atoms with E-state index < -0.39 is 5.09 Å². The van der Waals surface area contributed by atoms with Crippen molar-refractivity contribution in [2.45, 2.75) is 45.4 Å². The van der Waals surface area contributed by atoms with Crippen molar-refractivity contribution in [1.82, 2.24) is 0 Å². The van der Waals surface area contributed by atoms with Gasteiger partial charge < -0.3 is 15.1 Å². The number of nitrogens with zero attached hydrogens (tertiary/aromatic N) is 1. The lowest BCUT2D eigenvalue weighted by atomic mass is 9.74. The molecule has 25 heavy (non-hydrogen) atoms. The van der Waals surface area contributed by atoms with E-state index in [9.17, 15) is 20.3 Å². The van der Waals surface area contributed by atoms with Crippen molar-refractivity contribution in [2.24, 2.45) is 5.92 Å². The van der Waals surface area contributed by atoms with Crippen LogP contribution >= 0.6 is 0 Å². The van der Waals surface area contributed by atoms with Crippen LogP contribution in [0.5, 0.6) is 11.5 Å². The third-order valence-electron chi connectivity index (χ3n) is 4.83. The molecule has 0 radical (unpaired) electrons. The number of hydrogen-bond acceptors (Lipinski definition) is 5. The van der Waals surface area contributed by atoms with Gasteiger partial charge in [-0.25, -0.2) is 0 Å². The van der Waals surface area contributed by atoms with Gasteiger partial charge in [0, 0.05) is 17.0 Å². The largest absolute Gasteiger partial charge is 0.508 e. The zero-order chi connectivity index (χ0) is 18.6. The molecule has 0 saturated heterocycles. The molecule has 2 rings (SSSR count). The van der Waals surface area contributed by atoms with Gasteiger partial charge in [-0.1, -0.05) is 24.3 Å². The topological polar surface area (TPSA) is 92.8 Å². The lowest BCUT2D eigenvalue weighted by Crippen LogP contribution is -2.17. The normalized spacial score (nSPS) is 19.6. The van der Waals surface area contributed by atoms with Crippen LogP contribution in [0.3, 0.4) is 0 Å². The van der Waals surface area contributed by atoms with E-state index in [-0.39, 0.29) is 29.9 Å². The third-order valence-corrected chi connectivity index (χ3v) is 4.83. The van der Waals surface area contributed by atoms with Crippen LogP contribution < -0.4 is 0 Å². The number of hydrogen-bond donors (Lipinski definition) is 2. The van der Waals surface area contributed by atoms with Crippen LogP contribution in [0.15, 0.2) is 30.4 Å². The van der Waals surface area contributed by atoms with Gasteiger partial charge in [0.1, 0.15) is 11.5 Å². The number of aromatic hydroxyl groups is 2. The van der Waals surface area contributed by atoms with Crippen LogP contribution in [-0.2, 0) is 11.3 Å². The minimum Gasteiger partial charge on any atom is -0.508 e. The highest BCUT2D eigenvalue weighted by Gasteiger charge is 2.29. The number of phenolic OH excluding ortho intramolecular Hbond substituents is 2. The summed E-state index contributed by atoms with van der Waals surface area (Å²) in [6, 6.07) is 1.65. The predicted molar refractivity (Wildman–Crippen MR) is 95.2 cm³/mol. The van der Waals surface area contributed by atoms with E-state index in [1.807, 2.05) is 6.92 Å². The summed E-state index contributed by atoms with van der Waals surface area (Å²) in [6.07, 6.45) is 7.01. The second-order valence-corrected chi connectivity index (χ2v) is 6.59. The molecule has 0 aromatic heterocycles. The standard InChI is InChI=1S/C19H25NO5/c1-12(2)15-8-4-5-9-16(15)18-14(7-6-10-25-20(23)24)11-17(21)13(3)19(18)22/h5,9,11,15-16,21-22H,1,4,6-8,10H2,2-3H3/t15-,16+/m1/s1. The molecule has 0 bridgehead atoms. The number of benzene rings is 1. The van der Waals surface area contributed by atoms with Gasteiger partial charge in [-0.15, -0.1) is 10.1 Å². The van der Waals surface area contributed by atoms with Gasteiger partial charge in [0.05, 0.1) is 6.61 Å². The Balaban J connectivity index is 2.38. The Kier molecular flexibility index (Phi) is 6.07. The Labute approximate surface area is 147 Å². The highest BCUT2D eigenvalue weighted by atomic mass is 16.9. The van der Waals surface area contributed by atoms with Crippen molar-refractivity contribution in [3.8, 4) is 11.5 Å². The van der Waals surface area contributed by atoms with Gasteiger partial charge in [0.15, 0.2) is 0 Å². The first-order valence-electron chi connectivity index (χ1n) is 8.46. The SMILES string of the molecule is C=C(C)[C@H]1CCC=C[C@@H]1c1c(CCCO[N+](=O)[O-])cc(O)c(C)c1O. The van der Waals surface area contributed by atoms with Gasteiger partial charge in [-0.05, 0) is 57.1 Å². The van der Waals surface area contributed by atoms with E-state index in [2.05, 4.69) is 23.6 Å². The molecule has 0 heterocycles. The van der Waals surface area contributed by atoms with Crippen LogP contribution in [-0.4, -0.2) is 21.9 Å². The fourth-order valence-corrected chi connectivity index (χ4v) is 3.49. The van der Waals surface area contributed by atoms with Gasteiger partial charge in [0.2, 0.25) is 0 Å².